The fourth-order valence-corrected chi connectivity index (χ4v) is 8.37. The lowest BCUT2D eigenvalue weighted by Gasteiger charge is -2.59. The van der Waals surface area contributed by atoms with Crippen molar-refractivity contribution in [3.63, 3.8) is 0 Å². The number of carbonyl (C=O) groups excluding carboxylic acids is 3. The maximum absolute atomic E-state index is 15.6. The minimum Gasteiger partial charge on any atom is -0.428 e. The first-order chi connectivity index (χ1) is 16.4. The third-order valence-corrected chi connectivity index (χ3v) is 9.93. The Kier molecular flexibility index (Phi) is 5.76. The van der Waals surface area contributed by atoms with Crippen molar-refractivity contribution in [2.45, 2.75) is 103 Å². The molecule has 0 aromatic rings. The molecule has 0 bridgehead atoms. The molecule has 1 saturated heterocycles. The van der Waals surface area contributed by atoms with Crippen molar-refractivity contribution in [2.75, 3.05) is 6.79 Å². The monoisotopic (exact) mass is 492 g/mol. The van der Waals surface area contributed by atoms with Gasteiger partial charge in [0.25, 0.3) is 0 Å². The summed E-state index contributed by atoms with van der Waals surface area (Å²) in [7, 11) is 0. The van der Waals surface area contributed by atoms with Crippen LogP contribution in [-0.4, -0.2) is 48.2 Å². The van der Waals surface area contributed by atoms with Crippen LogP contribution in [0.2, 0.25) is 0 Å². The van der Waals surface area contributed by atoms with Crippen LogP contribution in [0, 0.1) is 28.6 Å². The van der Waals surface area contributed by atoms with Crippen molar-refractivity contribution >= 4 is 17.7 Å². The van der Waals surface area contributed by atoms with Crippen LogP contribution in [0.4, 0.5) is 4.39 Å². The number of hydrogen-bond acceptors (Lipinski definition) is 7. The number of hydrogen-bond donors (Lipinski definition) is 0. The highest BCUT2D eigenvalue weighted by molar-refractivity contribution is 5.92. The molecule has 1 aliphatic heterocycles. The summed E-state index contributed by atoms with van der Waals surface area (Å²) in [6.45, 7) is 8.96. The molecule has 0 aromatic carbocycles. The van der Waals surface area contributed by atoms with E-state index in [0.29, 0.717) is 37.7 Å². The van der Waals surface area contributed by atoms with E-state index < -0.39 is 47.8 Å². The van der Waals surface area contributed by atoms with Crippen molar-refractivity contribution in [1.82, 2.24) is 0 Å². The van der Waals surface area contributed by atoms with Gasteiger partial charge in [0.05, 0.1) is 0 Å². The van der Waals surface area contributed by atoms with E-state index in [4.69, 9.17) is 18.9 Å². The summed E-state index contributed by atoms with van der Waals surface area (Å²) in [6, 6.07) is 0. The third kappa shape index (κ3) is 3.45. The van der Waals surface area contributed by atoms with E-state index in [-0.39, 0.29) is 35.4 Å². The van der Waals surface area contributed by atoms with Gasteiger partial charge in [-0.15, -0.1) is 0 Å². The lowest BCUT2D eigenvalue weighted by Crippen LogP contribution is -2.61. The van der Waals surface area contributed by atoms with E-state index in [1.54, 1.807) is 26.8 Å². The molecule has 0 spiro atoms. The van der Waals surface area contributed by atoms with Gasteiger partial charge < -0.3 is 18.9 Å². The van der Waals surface area contributed by atoms with Crippen LogP contribution in [0.1, 0.15) is 79.6 Å². The fraction of sp³-hybridized carbons (Fsp3) is 0.815. The summed E-state index contributed by atoms with van der Waals surface area (Å²) in [6.07, 6.45) is 3.60. The summed E-state index contributed by atoms with van der Waals surface area (Å²) in [5.41, 5.74) is -1.66. The molecule has 5 aliphatic rings. The molecule has 0 N–H and O–H groups in total. The molecule has 0 radical (unpaired) electrons. The molecule has 8 atom stereocenters. The highest BCUT2D eigenvalue weighted by Gasteiger charge is 2.77. The van der Waals surface area contributed by atoms with E-state index in [0.717, 1.165) is 6.42 Å². The zero-order valence-corrected chi connectivity index (χ0v) is 21.4. The zero-order valence-electron chi connectivity index (χ0n) is 21.4. The van der Waals surface area contributed by atoms with Gasteiger partial charge in [-0.2, -0.15) is 0 Å². The predicted molar refractivity (Wildman–Crippen MR) is 122 cm³/mol. The lowest BCUT2D eigenvalue weighted by atomic mass is 9.46. The van der Waals surface area contributed by atoms with Gasteiger partial charge in [0.1, 0.15) is 12.3 Å². The molecule has 4 aliphatic carbocycles. The molecule has 35 heavy (non-hydrogen) atoms. The maximum atomic E-state index is 15.6. The molecule has 0 amide bonds. The zero-order chi connectivity index (χ0) is 25.4. The van der Waals surface area contributed by atoms with E-state index in [2.05, 4.69) is 13.8 Å². The molecule has 7 nitrogen and oxygen atoms in total. The van der Waals surface area contributed by atoms with Gasteiger partial charge in [0, 0.05) is 18.3 Å². The number of allylic oxidation sites excluding steroid dienone is 1. The second-order valence-corrected chi connectivity index (χ2v) is 12.0. The Bertz CT molecular complexity index is 975. The lowest BCUT2D eigenvalue weighted by molar-refractivity contribution is -0.232. The van der Waals surface area contributed by atoms with Gasteiger partial charge >= 0.3 is 11.9 Å². The van der Waals surface area contributed by atoms with E-state index in [9.17, 15) is 14.4 Å². The topological polar surface area (TPSA) is 88.1 Å². The van der Waals surface area contributed by atoms with Crippen LogP contribution >= 0.6 is 0 Å². The Morgan fingerprint density at radius 2 is 1.86 bits per heavy atom. The summed E-state index contributed by atoms with van der Waals surface area (Å²) in [5, 5.41) is 0. The normalized spacial score (nSPS) is 45.5. The average Bonchev–Trinajstić information content (AvgIpc) is 3.21. The number of carbonyl (C=O) groups is 3. The molecular weight excluding hydrogens is 455 g/mol. The van der Waals surface area contributed by atoms with Crippen molar-refractivity contribution in [2.24, 2.45) is 28.6 Å². The maximum Gasteiger partial charge on any atom is 0.344 e. The molecule has 0 aromatic heterocycles. The van der Waals surface area contributed by atoms with Crippen LogP contribution in [0.15, 0.2) is 11.6 Å². The molecule has 8 heteroatoms. The van der Waals surface area contributed by atoms with Crippen molar-refractivity contribution in [3.8, 4) is 0 Å². The summed E-state index contributed by atoms with van der Waals surface area (Å²) in [4.78, 5) is 37.3. The number of fused-ring (bicyclic) bond motifs is 7. The number of alkyl halides is 1. The quantitative estimate of drug-likeness (QED) is 0.424. The Morgan fingerprint density at radius 1 is 1.11 bits per heavy atom. The van der Waals surface area contributed by atoms with Crippen molar-refractivity contribution < 1.29 is 37.7 Å². The highest BCUT2D eigenvalue weighted by Crippen LogP contribution is 2.71. The first-order valence-corrected chi connectivity index (χ1v) is 13.0. The molecular formula is C27H37FO7. The molecule has 5 rings (SSSR count). The van der Waals surface area contributed by atoms with Crippen LogP contribution in [-0.2, 0) is 33.3 Å². The van der Waals surface area contributed by atoms with Gasteiger partial charge in [0.15, 0.2) is 17.2 Å². The largest absolute Gasteiger partial charge is 0.428 e. The molecule has 194 valence electrons. The second kappa shape index (κ2) is 8.10. The summed E-state index contributed by atoms with van der Waals surface area (Å²) < 4.78 is 38.8. The average molecular weight is 493 g/mol. The van der Waals surface area contributed by atoms with Gasteiger partial charge in [-0.1, -0.05) is 20.8 Å². The van der Waals surface area contributed by atoms with E-state index in [1.165, 1.54) is 0 Å². The summed E-state index contributed by atoms with van der Waals surface area (Å²) >= 11 is 0. The molecule has 0 unspecified atom stereocenters. The predicted octanol–water partition coefficient (Wildman–Crippen LogP) is 4.42. The number of esters is 2. The van der Waals surface area contributed by atoms with Crippen LogP contribution in [0.5, 0.6) is 0 Å². The molecule has 3 saturated carbocycles. The Labute approximate surface area is 206 Å². The second-order valence-electron chi connectivity index (χ2n) is 12.0. The van der Waals surface area contributed by atoms with Crippen LogP contribution < -0.4 is 0 Å². The minimum atomic E-state index is -1.35. The van der Waals surface area contributed by atoms with Gasteiger partial charge in [0.2, 0.25) is 6.79 Å². The smallest absolute Gasteiger partial charge is 0.344 e. The van der Waals surface area contributed by atoms with Gasteiger partial charge in [-0.25, -0.2) is 9.18 Å². The Balaban J connectivity index is 1.48. The van der Waals surface area contributed by atoms with Gasteiger partial charge in [-0.3, -0.25) is 9.59 Å². The van der Waals surface area contributed by atoms with Crippen molar-refractivity contribution in [1.29, 1.82) is 0 Å². The fourth-order valence-electron chi connectivity index (χ4n) is 8.37. The van der Waals surface area contributed by atoms with Gasteiger partial charge in [-0.05, 0) is 80.8 Å². The number of ketones is 1. The van der Waals surface area contributed by atoms with Crippen LogP contribution in [0.3, 0.4) is 0 Å². The first kappa shape index (κ1) is 24.9. The van der Waals surface area contributed by atoms with E-state index in [1.807, 2.05) is 0 Å². The van der Waals surface area contributed by atoms with E-state index >= 15 is 4.39 Å². The summed E-state index contributed by atoms with van der Waals surface area (Å²) in [5.74, 6) is -1.71. The molecule has 1 heterocycles. The minimum absolute atomic E-state index is 0.00217. The number of rotatable bonds is 4. The number of halogens is 1. The standard InChI is InChI=1S/C27H37FO7/c1-6-22(30)32-14-33-23(31)27-21(34-24(2,3)35-27)13-18-16-12-20(28)19-11-15(29)7-9-25(19,4)17(16)8-10-26(18,27)5/h11,16-18,20-21H,6-10,12-14H2,1-5H3/t16-,17-,18-,20+,21-,25-,26-,27+/m1/s1. The Hall–Kier alpha value is -1.80. The number of ether oxygens (including phenoxy) is 4. The Morgan fingerprint density at radius 3 is 2.57 bits per heavy atom. The first-order valence-electron chi connectivity index (χ1n) is 13.0. The van der Waals surface area contributed by atoms with Crippen LogP contribution in [0.25, 0.3) is 0 Å². The third-order valence-electron chi connectivity index (χ3n) is 9.93. The van der Waals surface area contributed by atoms with Crippen molar-refractivity contribution in [3.05, 3.63) is 11.6 Å². The SMILES string of the molecule is CCC(=O)OCOC(=O)[C@@]12OC(C)(C)O[C@@H]1C[C@@H]1[C@@H]3C[C@H](F)C4=CC(=O)CC[C@]4(C)[C@@H]3CC[C@]12C. The highest BCUT2D eigenvalue weighted by atomic mass is 19.1. The molecule has 4 fully saturated rings.